The number of carbonyl (C=O) groups excluding carboxylic acids is 1. The molecule has 0 saturated carbocycles. The number of hydrogen-bond acceptors (Lipinski definition) is 3. The summed E-state index contributed by atoms with van der Waals surface area (Å²) in [4.78, 5) is 14.2. The Kier molecular flexibility index (Phi) is 6.02. The maximum atomic E-state index is 12.1. The monoisotopic (exact) mass is 277 g/mol. The van der Waals surface area contributed by atoms with Gasteiger partial charge in [0.25, 0.3) is 5.91 Å². The molecule has 1 amide bonds. The Morgan fingerprint density at radius 1 is 1.20 bits per heavy atom. The van der Waals surface area contributed by atoms with Crippen molar-refractivity contribution >= 4 is 11.6 Å². The van der Waals surface area contributed by atoms with Gasteiger partial charge >= 0.3 is 0 Å². The largest absolute Gasteiger partial charge is 0.385 e. The zero-order valence-electron chi connectivity index (χ0n) is 13.3. The summed E-state index contributed by atoms with van der Waals surface area (Å²) in [6.07, 6.45) is 1.09. The minimum Gasteiger partial charge on any atom is -0.385 e. The van der Waals surface area contributed by atoms with E-state index in [2.05, 4.69) is 36.3 Å². The van der Waals surface area contributed by atoms with Gasteiger partial charge in [-0.25, -0.2) is 0 Å². The van der Waals surface area contributed by atoms with Crippen LogP contribution in [0.25, 0.3) is 0 Å². The van der Waals surface area contributed by atoms with Crippen LogP contribution in [0.5, 0.6) is 0 Å². The number of carbonyl (C=O) groups is 1. The van der Waals surface area contributed by atoms with Gasteiger partial charge in [-0.15, -0.1) is 0 Å². The SMILES string of the molecule is CCCNc1ccc(C(=O)NCC(C)(C)N(C)C)cc1. The maximum Gasteiger partial charge on any atom is 0.251 e. The Morgan fingerprint density at radius 3 is 2.30 bits per heavy atom. The van der Waals surface area contributed by atoms with Crippen molar-refractivity contribution in [2.24, 2.45) is 0 Å². The molecule has 0 bridgehead atoms. The van der Waals surface area contributed by atoms with E-state index in [1.54, 1.807) is 0 Å². The van der Waals surface area contributed by atoms with Crippen molar-refractivity contribution in [2.45, 2.75) is 32.7 Å². The fourth-order valence-corrected chi connectivity index (χ4v) is 1.57. The molecule has 0 aliphatic rings. The van der Waals surface area contributed by atoms with Gasteiger partial charge in [-0.05, 0) is 58.6 Å². The number of hydrogen-bond donors (Lipinski definition) is 2. The zero-order chi connectivity index (χ0) is 15.2. The van der Waals surface area contributed by atoms with Crippen LogP contribution in [0, 0.1) is 0 Å². The lowest BCUT2D eigenvalue weighted by Gasteiger charge is -2.32. The molecule has 0 aliphatic heterocycles. The van der Waals surface area contributed by atoms with Crippen LogP contribution >= 0.6 is 0 Å². The molecule has 0 aliphatic carbocycles. The molecule has 4 heteroatoms. The Morgan fingerprint density at radius 2 is 1.80 bits per heavy atom. The number of rotatable bonds is 7. The van der Waals surface area contributed by atoms with E-state index in [1.807, 2.05) is 38.4 Å². The lowest BCUT2D eigenvalue weighted by molar-refractivity contribution is 0.0919. The Balaban J connectivity index is 2.56. The first kappa shape index (κ1) is 16.5. The van der Waals surface area contributed by atoms with Crippen molar-refractivity contribution in [3.8, 4) is 0 Å². The van der Waals surface area contributed by atoms with E-state index in [1.165, 1.54) is 0 Å². The number of amides is 1. The van der Waals surface area contributed by atoms with Gasteiger partial charge in [0.05, 0.1) is 0 Å². The van der Waals surface area contributed by atoms with Crippen LogP contribution < -0.4 is 10.6 Å². The summed E-state index contributed by atoms with van der Waals surface area (Å²) in [7, 11) is 4.03. The molecular weight excluding hydrogens is 250 g/mol. The Bertz CT molecular complexity index is 424. The van der Waals surface area contributed by atoms with E-state index in [0.29, 0.717) is 12.1 Å². The van der Waals surface area contributed by atoms with Gasteiger partial charge in [0, 0.05) is 29.9 Å². The van der Waals surface area contributed by atoms with Gasteiger partial charge in [0.1, 0.15) is 0 Å². The minimum absolute atomic E-state index is 0.0260. The molecule has 2 N–H and O–H groups in total. The third-order valence-electron chi connectivity index (χ3n) is 3.62. The zero-order valence-corrected chi connectivity index (χ0v) is 13.3. The summed E-state index contributed by atoms with van der Waals surface area (Å²) in [5, 5.41) is 6.28. The van der Waals surface area contributed by atoms with Gasteiger partial charge in [-0.3, -0.25) is 4.79 Å². The second-order valence-electron chi connectivity index (χ2n) is 5.89. The molecule has 0 heterocycles. The molecule has 112 valence electrons. The van der Waals surface area contributed by atoms with E-state index in [9.17, 15) is 4.79 Å². The fraction of sp³-hybridized carbons (Fsp3) is 0.562. The molecular formula is C16H27N3O. The van der Waals surface area contributed by atoms with E-state index < -0.39 is 0 Å². The second-order valence-corrected chi connectivity index (χ2v) is 5.89. The topological polar surface area (TPSA) is 44.4 Å². The highest BCUT2D eigenvalue weighted by atomic mass is 16.1. The smallest absolute Gasteiger partial charge is 0.251 e. The predicted octanol–water partition coefficient (Wildman–Crippen LogP) is 2.58. The van der Waals surface area contributed by atoms with E-state index in [-0.39, 0.29) is 11.4 Å². The van der Waals surface area contributed by atoms with Crippen LogP contribution in [0.1, 0.15) is 37.6 Å². The average molecular weight is 277 g/mol. The summed E-state index contributed by atoms with van der Waals surface area (Å²) < 4.78 is 0. The normalized spacial score (nSPS) is 11.5. The number of nitrogens with one attached hydrogen (secondary N) is 2. The fourth-order valence-electron chi connectivity index (χ4n) is 1.57. The van der Waals surface area contributed by atoms with Crippen molar-refractivity contribution in [1.29, 1.82) is 0 Å². The lowest BCUT2D eigenvalue weighted by atomic mass is 10.0. The number of nitrogens with zero attached hydrogens (tertiary/aromatic N) is 1. The minimum atomic E-state index is -0.0573. The maximum absolute atomic E-state index is 12.1. The molecule has 0 saturated heterocycles. The standard InChI is InChI=1S/C16H27N3O/c1-6-11-17-14-9-7-13(8-10-14)15(20)18-12-16(2,3)19(4)5/h7-10,17H,6,11-12H2,1-5H3,(H,18,20). The summed E-state index contributed by atoms with van der Waals surface area (Å²) >= 11 is 0. The highest BCUT2D eigenvalue weighted by Gasteiger charge is 2.21. The molecule has 0 aromatic heterocycles. The third-order valence-corrected chi connectivity index (χ3v) is 3.62. The third kappa shape index (κ3) is 4.85. The van der Waals surface area contributed by atoms with Gasteiger partial charge in [0.15, 0.2) is 0 Å². The molecule has 1 rings (SSSR count). The van der Waals surface area contributed by atoms with Crippen molar-refractivity contribution < 1.29 is 4.79 Å². The van der Waals surface area contributed by atoms with E-state index in [4.69, 9.17) is 0 Å². The molecule has 0 radical (unpaired) electrons. The molecule has 1 aromatic carbocycles. The molecule has 0 unspecified atom stereocenters. The van der Waals surface area contributed by atoms with Gasteiger partial charge in [-0.2, -0.15) is 0 Å². The molecule has 20 heavy (non-hydrogen) atoms. The summed E-state index contributed by atoms with van der Waals surface area (Å²) in [5.74, 6) is -0.0260. The summed E-state index contributed by atoms with van der Waals surface area (Å²) in [6.45, 7) is 7.90. The van der Waals surface area contributed by atoms with Crippen LogP contribution in [0.15, 0.2) is 24.3 Å². The first-order valence-corrected chi connectivity index (χ1v) is 7.16. The van der Waals surface area contributed by atoms with Crippen molar-refractivity contribution in [3.05, 3.63) is 29.8 Å². The number of anilines is 1. The average Bonchev–Trinajstić information content (AvgIpc) is 2.43. The van der Waals surface area contributed by atoms with Crippen molar-refractivity contribution in [2.75, 3.05) is 32.5 Å². The predicted molar refractivity (Wildman–Crippen MR) is 85.3 cm³/mol. The quantitative estimate of drug-likeness (QED) is 0.805. The highest BCUT2D eigenvalue weighted by Crippen LogP contribution is 2.11. The summed E-state index contributed by atoms with van der Waals surface area (Å²) in [5.41, 5.74) is 1.69. The number of benzene rings is 1. The summed E-state index contributed by atoms with van der Waals surface area (Å²) in [6, 6.07) is 7.61. The van der Waals surface area contributed by atoms with Gasteiger partial charge < -0.3 is 15.5 Å². The molecule has 0 spiro atoms. The van der Waals surface area contributed by atoms with Crippen LogP contribution in [-0.4, -0.2) is 43.5 Å². The van der Waals surface area contributed by atoms with Gasteiger partial charge in [-0.1, -0.05) is 6.92 Å². The van der Waals surface area contributed by atoms with Crippen molar-refractivity contribution in [3.63, 3.8) is 0 Å². The highest BCUT2D eigenvalue weighted by molar-refractivity contribution is 5.94. The first-order chi connectivity index (χ1) is 9.36. The number of likely N-dealkylation sites (N-methyl/N-ethyl adjacent to an activating group) is 1. The Labute approximate surface area is 122 Å². The first-order valence-electron chi connectivity index (χ1n) is 7.16. The lowest BCUT2D eigenvalue weighted by Crippen LogP contribution is -2.48. The van der Waals surface area contributed by atoms with Gasteiger partial charge in [0.2, 0.25) is 0 Å². The van der Waals surface area contributed by atoms with E-state index in [0.717, 1.165) is 18.7 Å². The van der Waals surface area contributed by atoms with Crippen LogP contribution in [0.4, 0.5) is 5.69 Å². The molecule has 4 nitrogen and oxygen atoms in total. The Hall–Kier alpha value is -1.55. The van der Waals surface area contributed by atoms with Crippen LogP contribution in [0.3, 0.4) is 0 Å². The molecule has 0 fully saturated rings. The molecule has 1 aromatic rings. The van der Waals surface area contributed by atoms with E-state index >= 15 is 0 Å². The van der Waals surface area contributed by atoms with Crippen molar-refractivity contribution in [1.82, 2.24) is 10.2 Å². The second kappa shape index (κ2) is 7.29. The van der Waals surface area contributed by atoms with Crippen LogP contribution in [0.2, 0.25) is 0 Å². The van der Waals surface area contributed by atoms with Crippen LogP contribution in [-0.2, 0) is 0 Å². The molecule has 0 atom stereocenters.